The molecule has 0 aromatic heterocycles. The van der Waals surface area contributed by atoms with Crippen LogP contribution in [-0.2, 0) is 33.0 Å². The van der Waals surface area contributed by atoms with E-state index < -0.39 is 35.6 Å². The van der Waals surface area contributed by atoms with Crippen LogP contribution >= 0.6 is 0 Å². The van der Waals surface area contributed by atoms with E-state index in [9.17, 15) is 31.1 Å². The lowest BCUT2D eigenvalue weighted by atomic mass is 9.97. The van der Waals surface area contributed by atoms with E-state index in [1.807, 2.05) is 19.1 Å². The highest BCUT2D eigenvalue weighted by Gasteiger charge is 2.37. The van der Waals surface area contributed by atoms with Gasteiger partial charge in [-0.3, -0.25) is 0 Å². The lowest BCUT2D eigenvalue weighted by Crippen LogP contribution is -2.28. The van der Waals surface area contributed by atoms with Gasteiger partial charge in [-0.2, -0.15) is 26.3 Å². The average molecular weight is 581 g/mol. The van der Waals surface area contributed by atoms with E-state index in [2.05, 4.69) is 0 Å². The number of benzene rings is 3. The van der Waals surface area contributed by atoms with Gasteiger partial charge in [0.15, 0.2) is 6.10 Å². The molecule has 3 rings (SSSR count). The number of halogens is 6. The van der Waals surface area contributed by atoms with Crippen LogP contribution in [-0.4, -0.2) is 31.9 Å². The lowest BCUT2D eigenvalue weighted by Gasteiger charge is -2.15. The molecule has 0 saturated carbocycles. The van der Waals surface area contributed by atoms with Crippen LogP contribution in [0.15, 0.2) is 72.8 Å². The van der Waals surface area contributed by atoms with Gasteiger partial charge in [0.2, 0.25) is 0 Å². The average Bonchev–Trinajstić information content (AvgIpc) is 2.92. The molecule has 220 valence electrons. The van der Waals surface area contributed by atoms with Crippen molar-refractivity contribution in [3.8, 4) is 16.9 Å². The fourth-order valence-electron chi connectivity index (χ4n) is 4.01. The lowest BCUT2D eigenvalue weighted by molar-refractivity contribution is -0.156. The number of hydrogen-bond donors (Lipinski definition) is 0. The van der Waals surface area contributed by atoms with Crippen LogP contribution in [0.4, 0.5) is 26.3 Å². The molecule has 3 aromatic rings. The number of carbonyl (C=O) groups excluding carboxylic acids is 1. The molecular weight excluding hydrogens is 550 g/mol. The summed E-state index contributed by atoms with van der Waals surface area (Å²) in [5.74, 6) is 0.187. The number of hydrogen-bond acceptors (Lipinski definition) is 4. The molecule has 4 nitrogen and oxygen atoms in total. The third kappa shape index (κ3) is 9.11. The summed E-state index contributed by atoms with van der Waals surface area (Å²) < 4.78 is 95.5. The first-order chi connectivity index (χ1) is 19.3. The topological polar surface area (TPSA) is 44.8 Å². The molecule has 1 atom stereocenters. The quantitative estimate of drug-likeness (QED) is 0.169. The van der Waals surface area contributed by atoms with Crippen molar-refractivity contribution >= 4 is 11.5 Å². The minimum absolute atomic E-state index is 0.111. The monoisotopic (exact) mass is 580 g/mol. The largest absolute Gasteiger partial charge is 0.490 e. The highest BCUT2D eigenvalue weighted by molar-refractivity contribution is 5.75. The number of rotatable bonds is 11. The molecule has 1 unspecified atom stereocenters. The van der Waals surface area contributed by atoms with Crippen molar-refractivity contribution in [3.05, 3.63) is 95.1 Å². The third-order valence-corrected chi connectivity index (χ3v) is 6.16. The summed E-state index contributed by atoms with van der Waals surface area (Å²) in [5.41, 5.74) is -0.259. The van der Waals surface area contributed by atoms with Crippen molar-refractivity contribution in [2.75, 3.05) is 19.8 Å². The predicted molar refractivity (Wildman–Crippen MR) is 143 cm³/mol. The highest BCUT2D eigenvalue weighted by atomic mass is 19.4. The number of ether oxygens (including phenoxy) is 3. The molecule has 0 radical (unpaired) electrons. The van der Waals surface area contributed by atoms with Crippen molar-refractivity contribution in [2.24, 2.45) is 0 Å². The first-order valence-corrected chi connectivity index (χ1v) is 12.9. The molecule has 0 aliphatic rings. The van der Waals surface area contributed by atoms with Crippen molar-refractivity contribution in [1.29, 1.82) is 0 Å². The molecule has 0 saturated heterocycles. The van der Waals surface area contributed by atoms with Gasteiger partial charge in [-0.1, -0.05) is 36.4 Å². The maximum atomic E-state index is 13.2. The molecule has 0 amide bonds. The number of esters is 1. The normalized spacial score (nSPS) is 13.1. The molecule has 0 fully saturated rings. The fraction of sp³-hybridized carbons (Fsp3) is 0.323. The van der Waals surface area contributed by atoms with E-state index in [0.717, 1.165) is 16.7 Å². The number of alkyl halides is 6. The van der Waals surface area contributed by atoms with Crippen LogP contribution in [0.5, 0.6) is 5.75 Å². The Morgan fingerprint density at radius 3 is 1.90 bits per heavy atom. The summed E-state index contributed by atoms with van der Waals surface area (Å²) >= 11 is 0. The van der Waals surface area contributed by atoms with Crippen LogP contribution in [0.2, 0.25) is 0 Å². The number of allylic oxidation sites excluding steroid dienone is 1. The summed E-state index contributed by atoms with van der Waals surface area (Å²) in [5, 5.41) is 0. The van der Waals surface area contributed by atoms with E-state index >= 15 is 0 Å². The zero-order chi connectivity index (χ0) is 30.2. The molecule has 10 heteroatoms. The molecule has 0 aliphatic carbocycles. The summed E-state index contributed by atoms with van der Waals surface area (Å²) in [6, 6.07) is 14.9. The second kappa shape index (κ2) is 13.7. The summed E-state index contributed by atoms with van der Waals surface area (Å²) in [4.78, 5) is 12.1. The SMILES string of the molecule is CCOC(=O)C(Cc1ccc(OC/C=C(\C)c2ccc(-c3cc(C(F)(F)F)cc(C(F)(F)F)c3)cc2)cc1)OCC. The zero-order valence-electron chi connectivity index (χ0n) is 22.7. The first-order valence-electron chi connectivity index (χ1n) is 12.9. The Morgan fingerprint density at radius 1 is 0.805 bits per heavy atom. The second-order valence-electron chi connectivity index (χ2n) is 9.11. The minimum Gasteiger partial charge on any atom is -0.490 e. The summed E-state index contributed by atoms with van der Waals surface area (Å²) in [7, 11) is 0. The molecule has 0 spiro atoms. The Balaban J connectivity index is 1.65. The van der Waals surface area contributed by atoms with Gasteiger partial charge in [-0.05, 0) is 85.0 Å². The Labute approximate surface area is 234 Å². The van der Waals surface area contributed by atoms with Gasteiger partial charge in [-0.25, -0.2) is 4.79 Å². The maximum absolute atomic E-state index is 13.2. The van der Waals surface area contributed by atoms with E-state index in [4.69, 9.17) is 14.2 Å². The van der Waals surface area contributed by atoms with Gasteiger partial charge in [0.05, 0.1) is 17.7 Å². The Bertz CT molecular complexity index is 1290. The van der Waals surface area contributed by atoms with Gasteiger partial charge in [0, 0.05) is 13.0 Å². The van der Waals surface area contributed by atoms with E-state index in [1.165, 1.54) is 12.1 Å². The van der Waals surface area contributed by atoms with Crippen molar-refractivity contribution in [3.63, 3.8) is 0 Å². The van der Waals surface area contributed by atoms with Crippen LogP contribution < -0.4 is 4.74 Å². The Kier molecular flexibility index (Phi) is 10.6. The smallest absolute Gasteiger partial charge is 0.416 e. The van der Waals surface area contributed by atoms with Crippen LogP contribution in [0, 0.1) is 0 Å². The first kappa shape index (κ1) is 31.7. The summed E-state index contributed by atoms with van der Waals surface area (Å²) in [6.07, 6.45) is -8.35. The highest BCUT2D eigenvalue weighted by Crippen LogP contribution is 2.38. The molecule has 0 bridgehead atoms. The minimum atomic E-state index is -4.91. The number of carbonyl (C=O) groups is 1. The molecular formula is C31H30F6O4. The van der Waals surface area contributed by atoms with Crippen molar-refractivity contribution in [1.82, 2.24) is 0 Å². The van der Waals surface area contributed by atoms with Gasteiger partial charge in [0.1, 0.15) is 12.4 Å². The second-order valence-corrected chi connectivity index (χ2v) is 9.11. The van der Waals surface area contributed by atoms with Crippen LogP contribution in [0.1, 0.15) is 43.0 Å². The molecule has 0 N–H and O–H groups in total. The van der Waals surface area contributed by atoms with Gasteiger partial charge >= 0.3 is 18.3 Å². The molecule has 3 aromatic carbocycles. The zero-order valence-corrected chi connectivity index (χ0v) is 22.7. The van der Waals surface area contributed by atoms with Crippen molar-refractivity contribution < 1.29 is 45.3 Å². The third-order valence-electron chi connectivity index (χ3n) is 6.16. The van der Waals surface area contributed by atoms with E-state index in [0.29, 0.717) is 30.9 Å². The van der Waals surface area contributed by atoms with E-state index in [-0.39, 0.29) is 30.4 Å². The Hall–Kier alpha value is -3.79. The predicted octanol–water partition coefficient (Wildman–Crippen LogP) is 8.38. The van der Waals surface area contributed by atoms with Crippen LogP contribution in [0.25, 0.3) is 16.7 Å². The van der Waals surface area contributed by atoms with Gasteiger partial charge in [0.25, 0.3) is 0 Å². The van der Waals surface area contributed by atoms with E-state index in [1.54, 1.807) is 44.2 Å². The maximum Gasteiger partial charge on any atom is 0.416 e. The van der Waals surface area contributed by atoms with Crippen molar-refractivity contribution in [2.45, 2.75) is 45.6 Å². The molecule has 41 heavy (non-hydrogen) atoms. The molecule has 0 aliphatic heterocycles. The van der Waals surface area contributed by atoms with Crippen LogP contribution in [0.3, 0.4) is 0 Å². The standard InChI is InChI=1S/C31H30F6O4/c1-4-39-28(29(38)40-5-2)16-21-6-12-27(13-7-21)41-15-14-20(3)22-8-10-23(11-9-22)24-17-25(30(32,33)34)19-26(18-24)31(35,36)37/h6-14,17-19,28H,4-5,15-16H2,1-3H3/b20-14+. The Morgan fingerprint density at radius 2 is 1.39 bits per heavy atom. The summed E-state index contributed by atoms with van der Waals surface area (Å²) in [6.45, 7) is 6.22. The van der Waals surface area contributed by atoms with Gasteiger partial charge < -0.3 is 14.2 Å². The fourth-order valence-corrected chi connectivity index (χ4v) is 4.01. The van der Waals surface area contributed by atoms with Gasteiger partial charge in [-0.15, -0.1) is 0 Å². The molecule has 0 heterocycles.